The van der Waals surface area contributed by atoms with E-state index in [1.54, 1.807) is 4.90 Å². The predicted octanol–water partition coefficient (Wildman–Crippen LogP) is 2.61. The number of benzene rings is 1. The first-order chi connectivity index (χ1) is 10.5. The molecular formula is C16H19F2NO3. The van der Waals surface area contributed by atoms with E-state index in [9.17, 15) is 18.4 Å². The molecule has 0 spiro atoms. The van der Waals surface area contributed by atoms with Crippen LogP contribution in [0.3, 0.4) is 0 Å². The Morgan fingerprint density at radius 1 is 1.27 bits per heavy atom. The molecule has 1 N–H and O–H groups in total. The van der Waals surface area contributed by atoms with E-state index in [0.29, 0.717) is 25.1 Å². The largest absolute Gasteiger partial charge is 0.481 e. The molecule has 22 heavy (non-hydrogen) atoms. The summed E-state index contributed by atoms with van der Waals surface area (Å²) in [5, 5.41) is 8.72. The van der Waals surface area contributed by atoms with Crippen molar-refractivity contribution in [3.63, 3.8) is 0 Å². The zero-order chi connectivity index (χ0) is 16.1. The molecule has 2 rings (SSSR count). The van der Waals surface area contributed by atoms with E-state index in [1.807, 2.05) is 0 Å². The molecule has 1 heterocycles. The first-order valence-electron chi connectivity index (χ1n) is 7.39. The number of amides is 1. The molecule has 0 aromatic heterocycles. The standard InChI is InChI=1S/C16H19F2NO3/c17-13-5-3-12(8-14(13)18)9-15(20)19-7-1-2-11(10-19)4-6-16(21)22/h3,5,8,11H,1-2,4,6-7,9-10H2,(H,21,22)/t11-/m1/s1. The summed E-state index contributed by atoms with van der Waals surface area (Å²) in [5.74, 6) is -2.65. The Hall–Kier alpha value is -1.98. The minimum atomic E-state index is -0.955. The molecule has 6 heteroatoms. The number of carboxylic acids is 1. The lowest BCUT2D eigenvalue weighted by Crippen LogP contribution is -2.40. The van der Waals surface area contributed by atoms with Gasteiger partial charge in [-0.2, -0.15) is 0 Å². The van der Waals surface area contributed by atoms with Crippen molar-refractivity contribution in [2.75, 3.05) is 13.1 Å². The first kappa shape index (κ1) is 16.4. The molecule has 1 fully saturated rings. The quantitative estimate of drug-likeness (QED) is 0.909. The third-order valence-corrected chi connectivity index (χ3v) is 3.98. The summed E-state index contributed by atoms with van der Waals surface area (Å²) >= 11 is 0. The van der Waals surface area contributed by atoms with Gasteiger partial charge in [0.2, 0.25) is 5.91 Å². The lowest BCUT2D eigenvalue weighted by Gasteiger charge is -2.32. The average Bonchev–Trinajstić information content (AvgIpc) is 2.49. The summed E-state index contributed by atoms with van der Waals surface area (Å²) in [7, 11) is 0. The maximum Gasteiger partial charge on any atom is 0.303 e. The molecule has 1 saturated heterocycles. The molecule has 120 valence electrons. The van der Waals surface area contributed by atoms with Crippen molar-refractivity contribution in [1.82, 2.24) is 4.90 Å². The van der Waals surface area contributed by atoms with Crippen LogP contribution in [0.15, 0.2) is 18.2 Å². The SMILES string of the molecule is O=C(O)CC[C@H]1CCCN(C(=O)Cc2ccc(F)c(F)c2)C1. The summed E-state index contributed by atoms with van der Waals surface area (Å²) in [5.41, 5.74) is 0.441. The van der Waals surface area contributed by atoms with Crippen molar-refractivity contribution in [1.29, 1.82) is 0 Å². The number of piperidine rings is 1. The van der Waals surface area contributed by atoms with Gasteiger partial charge in [-0.3, -0.25) is 9.59 Å². The van der Waals surface area contributed by atoms with E-state index in [0.717, 1.165) is 25.0 Å². The van der Waals surface area contributed by atoms with Crippen molar-refractivity contribution < 1.29 is 23.5 Å². The number of carbonyl (C=O) groups is 2. The van der Waals surface area contributed by atoms with Gasteiger partial charge >= 0.3 is 5.97 Å². The van der Waals surface area contributed by atoms with Gasteiger partial charge in [-0.1, -0.05) is 6.07 Å². The highest BCUT2D eigenvalue weighted by atomic mass is 19.2. The van der Waals surface area contributed by atoms with Gasteiger partial charge in [0.25, 0.3) is 0 Å². The smallest absolute Gasteiger partial charge is 0.303 e. The number of carboxylic acid groups (broad SMARTS) is 1. The van der Waals surface area contributed by atoms with Gasteiger partial charge < -0.3 is 10.0 Å². The fourth-order valence-corrected chi connectivity index (χ4v) is 2.79. The second kappa shape index (κ2) is 7.33. The van der Waals surface area contributed by atoms with Crippen LogP contribution < -0.4 is 0 Å². The summed E-state index contributed by atoms with van der Waals surface area (Å²) < 4.78 is 26.0. The topological polar surface area (TPSA) is 57.6 Å². The highest BCUT2D eigenvalue weighted by molar-refractivity contribution is 5.78. The Morgan fingerprint density at radius 3 is 2.73 bits per heavy atom. The molecule has 1 aliphatic rings. The van der Waals surface area contributed by atoms with E-state index in [2.05, 4.69) is 0 Å². The molecule has 1 atom stereocenters. The Bertz CT molecular complexity index is 562. The molecule has 0 unspecified atom stereocenters. The number of hydrogen-bond acceptors (Lipinski definition) is 2. The van der Waals surface area contributed by atoms with Gasteiger partial charge in [0.05, 0.1) is 6.42 Å². The second-order valence-electron chi connectivity index (χ2n) is 5.71. The summed E-state index contributed by atoms with van der Waals surface area (Å²) in [6.45, 7) is 1.17. The van der Waals surface area contributed by atoms with Gasteiger partial charge in [-0.15, -0.1) is 0 Å². The Labute approximate surface area is 127 Å². The number of rotatable bonds is 5. The monoisotopic (exact) mass is 311 g/mol. The van der Waals surface area contributed by atoms with E-state index >= 15 is 0 Å². The molecule has 0 saturated carbocycles. The van der Waals surface area contributed by atoms with E-state index in [1.165, 1.54) is 6.07 Å². The maximum absolute atomic E-state index is 13.2. The lowest BCUT2D eigenvalue weighted by atomic mass is 9.93. The van der Waals surface area contributed by atoms with Crippen molar-refractivity contribution in [3.8, 4) is 0 Å². The Balaban J connectivity index is 1.91. The third-order valence-electron chi connectivity index (χ3n) is 3.98. The van der Waals surface area contributed by atoms with Crippen LogP contribution in [0, 0.1) is 17.6 Å². The number of aliphatic carboxylic acids is 1. The number of carbonyl (C=O) groups excluding carboxylic acids is 1. The van der Waals surface area contributed by atoms with E-state index in [-0.39, 0.29) is 24.7 Å². The van der Waals surface area contributed by atoms with Crippen LogP contribution in [0.25, 0.3) is 0 Å². The van der Waals surface area contributed by atoms with E-state index < -0.39 is 17.6 Å². The Morgan fingerprint density at radius 2 is 2.05 bits per heavy atom. The predicted molar refractivity (Wildman–Crippen MR) is 76.2 cm³/mol. The van der Waals surface area contributed by atoms with Crippen LogP contribution in [0.4, 0.5) is 8.78 Å². The van der Waals surface area contributed by atoms with Gasteiger partial charge in [0.1, 0.15) is 0 Å². The first-order valence-corrected chi connectivity index (χ1v) is 7.39. The van der Waals surface area contributed by atoms with Crippen molar-refractivity contribution >= 4 is 11.9 Å². The normalized spacial score (nSPS) is 18.3. The van der Waals surface area contributed by atoms with Crippen LogP contribution in [0.2, 0.25) is 0 Å². The van der Waals surface area contributed by atoms with Gasteiger partial charge in [0.15, 0.2) is 11.6 Å². The number of hydrogen-bond donors (Lipinski definition) is 1. The number of halogens is 2. The van der Waals surface area contributed by atoms with Crippen LogP contribution >= 0.6 is 0 Å². The molecular weight excluding hydrogens is 292 g/mol. The zero-order valence-electron chi connectivity index (χ0n) is 12.2. The summed E-state index contributed by atoms with van der Waals surface area (Å²) in [6.07, 6.45) is 2.46. The van der Waals surface area contributed by atoms with Crippen molar-refractivity contribution in [2.24, 2.45) is 5.92 Å². The molecule has 0 radical (unpaired) electrons. The van der Waals surface area contributed by atoms with Crippen molar-refractivity contribution in [3.05, 3.63) is 35.4 Å². The lowest BCUT2D eigenvalue weighted by molar-refractivity contribution is -0.137. The average molecular weight is 311 g/mol. The summed E-state index contributed by atoms with van der Waals surface area (Å²) in [6, 6.07) is 3.46. The molecule has 0 aliphatic carbocycles. The van der Waals surface area contributed by atoms with Gasteiger partial charge in [-0.05, 0) is 42.9 Å². The fourth-order valence-electron chi connectivity index (χ4n) is 2.79. The van der Waals surface area contributed by atoms with Gasteiger partial charge in [0, 0.05) is 19.5 Å². The fraction of sp³-hybridized carbons (Fsp3) is 0.500. The third kappa shape index (κ3) is 4.51. The zero-order valence-corrected chi connectivity index (χ0v) is 12.2. The van der Waals surface area contributed by atoms with Gasteiger partial charge in [-0.25, -0.2) is 8.78 Å². The van der Waals surface area contributed by atoms with E-state index in [4.69, 9.17) is 5.11 Å². The molecule has 1 aromatic carbocycles. The van der Waals surface area contributed by atoms with Crippen LogP contribution in [0.5, 0.6) is 0 Å². The number of likely N-dealkylation sites (tertiary alicyclic amines) is 1. The summed E-state index contributed by atoms with van der Waals surface area (Å²) in [4.78, 5) is 24.5. The van der Waals surface area contributed by atoms with Crippen LogP contribution in [-0.2, 0) is 16.0 Å². The number of nitrogens with zero attached hydrogens (tertiary/aromatic N) is 1. The highest BCUT2D eigenvalue weighted by Crippen LogP contribution is 2.22. The van der Waals surface area contributed by atoms with Crippen LogP contribution in [0.1, 0.15) is 31.2 Å². The maximum atomic E-state index is 13.2. The van der Waals surface area contributed by atoms with Crippen molar-refractivity contribution in [2.45, 2.75) is 32.1 Å². The molecule has 0 bridgehead atoms. The highest BCUT2D eigenvalue weighted by Gasteiger charge is 2.24. The second-order valence-corrected chi connectivity index (χ2v) is 5.71. The molecule has 1 amide bonds. The minimum absolute atomic E-state index is 0.0306. The molecule has 1 aromatic rings. The Kier molecular flexibility index (Phi) is 5.46. The molecule has 1 aliphatic heterocycles. The van der Waals surface area contributed by atoms with Crippen LogP contribution in [-0.4, -0.2) is 35.0 Å². The minimum Gasteiger partial charge on any atom is -0.481 e. The molecule has 4 nitrogen and oxygen atoms in total.